The molecule has 0 aromatic heterocycles. The Morgan fingerprint density at radius 1 is 1.52 bits per heavy atom. The average Bonchev–Trinajstić information content (AvgIpc) is 2.50. The summed E-state index contributed by atoms with van der Waals surface area (Å²) in [4.78, 5) is 25.2. The number of rotatable bonds is 5. The molecule has 0 saturated carbocycles. The minimum atomic E-state index is -0.927. The summed E-state index contributed by atoms with van der Waals surface area (Å²) in [5.74, 6) is -1.46. The normalized spacial score (nSPS) is 20.0. The van der Waals surface area contributed by atoms with Gasteiger partial charge in [-0.15, -0.1) is 0 Å². The van der Waals surface area contributed by atoms with E-state index in [0.29, 0.717) is 13.1 Å². The highest BCUT2D eigenvalue weighted by Gasteiger charge is 2.35. The zero-order valence-electron chi connectivity index (χ0n) is 12.9. The Morgan fingerprint density at radius 2 is 2.26 bits per heavy atom. The number of primary amides is 1. The van der Waals surface area contributed by atoms with Crippen LogP contribution in [0.3, 0.4) is 0 Å². The second kappa shape index (κ2) is 7.75. The van der Waals surface area contributed by atoms with Gasteiger partial charge in [0.15, 0.2) is 0 Å². The van der Waals surface area contributed by atoms with Gasteiger partial charge >= 0.3 is 5.97 Å². The number of piperidine rings is 1. The topological polar surface area (TPSA) is 72.6 Å². The third-order valence-corrected chi connectivity index (χ3v) is 4.43. The molecule has 2 N–H and O–H groups in total. The number of nitrogens with zero attached hydrogens (tertiary/aromatic N) is 1. The van der Waals surface area contributed by atoms with Gasteiger partial charge in [0, 0.05) is 23.6 Å². The molecule has 0 aliphatic carbocycles. The summed E-state index contributed by atoms with van der Waals surface area (Å²) in [6.45, 7) is 1.06. The number of nitrogens with two attached hydrogens (primary N) is 1. The summed E-state index contributed by atoms with van der Waals surface area (Å²) < 4.78 is 19.1. The van der Waals surface area contributed by atoms with Crippen LogP contribution in [0.25, 0.3) is 0 Å². The first-order valence-electron chi connectivity index (χ1n) is 7.48. The summed E-state index contributed by atoms with van der Waals surface area (Å²) in [5, 5.41) is 0.178. The molecule has 1 saturated heterocycles. The molecular formula is C16H20ClFN2O3. The molecule has 126 valence electrons. The highest BCUT2D eigenvalue weighted by atomic mass is 35.5. The van der Waals surface area contributed by atoms with Gasteiger partial charge in [0.2, 0.25) is 5.91 Å². The van der Waals surface area contributed by atoms with E-state index in [2.05, 4.69) is 0 Å². The van der Waals surface area contributed by atoms with E-state index in [1.54, 1.807) is 6.07 Å². The molecule has 1 aliphatic rings. The predicted molar refractivity (Wildman–Crippen MR) is 84.3 cm³/mol. The van der Waals surface area contributed by atoms with E-state index in [1.165, 1.54) is 19.2 Å². The van der Waals surface area contributed by atoms with Crippen LogP contribution < -0.4 is 5.73 Å². The van der Waals surface area contributed by atoms with Gasteiger partial charge in [-0.3, -0.25) is 9.69 Å². The molecule has 1 amide bonds. The number of likely N-dealkylation sites (tertiary alicyclic amines) is 1. The Kier molecular flexibility index (Phi) is 5.96. The highest BCUT2D eigenvalue weighted by molar-refractivity contribution is 6.31. The number of carbonyl (C=O) groups excluding carboxylic acids is 2. The van der Waals surface area contributed by atoms with Crippen LogP contribution in [0.4, 0.5) is 4.39 Å². The fraction of sp³-hybridized carbons (Fsp3) is 0.500. The van der Waals surface area contributed by atoms with Gasteiger partial charge in [0.05, 0.1) is 7.11 Å². The number of benzene rings is 1. The van der Waals surface area contributed by atoms with Gasteiger partial charge in [-0.1, -0.05) is 17.7 Å². The number of carbonyl (C=O) groups is 2. The van der Waals surface area contributed by atoms with Crippen LogP contribution >= 0.6 is 11.6 Å². The lowest BCUT2D eigenvalue weighted by Crippen LogP contribution is -2.43. The van der Waals surface area contributed by atoms with Crippen LogP contribution in [0.1, 0.15) is 30.9 Å². The van der Waals surface area contributed by atoms with E-state index >= 15 is 0 Å². The zero-order valence-corrected chi connectivity index (χ0v) is 13.7. The molecule has 0 bridgehead atoms. The molecule has 7 heteroatoms. The van der Waals surface area contributed by atoms with Crippen LogP contribution in [0.5, 0.6) is 0 Å². The third-order valence-electron chi connectivity index (χ3n) is 4.10. The number of hydrogen-bond donors (Lipinski definition) is 1. The van der Waals surface area contributed by atoms with Gasteiger partial charge in [0.25, 0.3) is 0 Å². The maximum absolute atomic E-state index is 14.3. The van der Waals surface area contributed by atoms with E-state index in [4.69, 9.17) is 22.1 Å². The van der Waals surface area contributed by atoms with Gasteiger partial charge in [0.1, 0.15) is 11.9 Å². The van der Waals surface area contributed by atoms with E-state index in [-0.39, 0.29) is 28.8 Å². The van der Waals surface area contributed by atoms with E-state index < -0.39 is 17.8 Å². The number of ether oxygens (including phenoxy) is 1. The molecule has 1 heterocycles. The van der Waals surface area contributed by atoms with E-state index in [9.17, 15) is 14.0 Å². The molecule has 23 heavy (non-hydrogen) atoms. The van der Waals surface area contributed by atoms with Gasteiger partial charge in [-0.05, 0) is 37.4 Å². The standard InChI is InChI=1S/C16H20ClFN2O3/c1-23-16(22)15(14-11(17)5-2-6-12(14)18)20-7-3-4-10(9-20)8-13(19)21/h2,5-6,10,15H,3-4,7-9H2,1H3,(H2,19,21)/t10-,15+/m0/s1. The zero-order chi connectivity index (χ0) is 17.0. The summed E-state index contributed by atoms with van der Waals surface area (Å²) in [5.41, 5.74) is 5.37. The third kappa shape index (κ3) is 4.20. The lowest BCUT2D eigenvalue weighted by atomic mass is 9.92. The molecule has 0 radical (unpaired) electrons. The van der Waals surface area contributed by atoms with E-state index in [1.807, 2.05) is 4.90 Å². The van der Waals surface area contributed by atoms with Crippen molar-refractivity contribution in [3.8, 4) is 0 Å². The SMILES string of the molecule is COC(=O)[C@@H](c1c(F)cccc1Cl)N1CCC[C@@H](CC(N)=O)C1. The van der Waals surface area contributed by atoms with Crippen molar-refractivity contribution in [2.75, 3.05) is 20.2 Å². The molecule has 0 spiro atoms. The number of esters is 1. The lowest BCUT2D eigenvalue weighted by Gasteiger charge is -2.37. The number of methoxy groups -OCH3 is 1. The Balaban J connectivity index is 2.32. The quantitative estimate of drug-likeness (QED) is 0.833. The van der Waals surface area contributed by atoms with Crippen LogP contribution in [-0.4, -0.2) is 37.0 Å². The second-order valence-electron chi connectivity index (χ2n) is 5.73. The Hall–Kier alpha value is -1.66. The van der Waals surface area contributed by atoms with Crippen molar-refractivity contribution in [3.63, 3.8) is 0 Å². The minimum Gasteiger partial charge on any atom is -0.468 e. The van der Waals surface area contributed by atoms with Gasteiger partial charge < -0.3 is 10.5 Å². The first kappa shape index (κ1) is 17.7. The van der Waals surface area contributed by atoms with Gasteiger partial charge in [-0.2, -0.15) is 0 Å². The maximum Gasteiger partial charge on any atom is 0.327 e. The predicted octanol–water partition coefficient (Wildman–Crippen LogP) is 2.28. The molecule has 0 unspecified atom stereocenters. The highest BCUT2D eigenvalue weighted by Crippen LogP contribution is 2.34. The fourth-order valence-electron chi connectivity index (χ4n) is 3.12. The molecule has 1 fully saturated rings. The Morgan fingerprint density at radius 3 is 2.87 bits per heavy atom. The molecule has 5 nitrogen and oxygen atoms in total. The summed E-state index contributed by atoms with van der Waals surface area (Å²) in [6, 6.07) is 3.37. The van der Waals surface area contributed by atoms with Crippen LogP contribution in [0.2, 0.25) is 5.02 Å². The monoisotopic (exact) mass is 342 g/mol. The molecule has 2 rings (SSSR count). The molecule has 1 aromatic carbocycles. The average molecular weight is 343 g/mol. The molecule has 1 aromatic rings. The summed E-state index contributed by atoms with van der Waals surface area (Å²) in [7, 11) is 1.26. The van der Waals surface area contributed by atoms with Crippen molar-refractivity contribution in [1.29, 1.82) is 0 Å². The first-order valence-corrected chi connectivity index (χ1v) is 7.86. The maximum atomic E-state index is 14.3. The van der Waals surface area contributed by atoms with Crippen molar-refractivity contribution in [2.45, 2.75) is 25.3 Å². The van der Waals surface area contributed by atoms with Crippen molar-refractivity contribution in [1.82, 2.24) is 4.90 Å². The minimum absolute atomic E-state index is 0.0407. The molecule has 1 aliphatic heterocycles. The largest absolute Gasteiger partial charge is 0.468 e. The Labute approximate surface area is 139 Å². The number of hydrogen-bond acceptors (Lipinski definition) is 4. The van der Waals surface area contributed by atoms with Crippen molar-refractivity contribution < 1.29 is 18.7 Å². The van der Waals surface area contributed by atoms with E-state index in [0.717, 1.165) is 12.8 Å². The molecular weight excluding hydrogens is 323 g/mol. The number of halogens is 2. The fourth-order valence-corrected chi connectivity index (χ4v) is 3.38. The van der Waals surface area contributed by atoms with Crippen LogP contribution in [0.15, 0.2) is 18.2 Å². The van der Waals surface area contributed by atoms with Crippen LogP contribution in [-0.2, 0) is 14.3 Å². The van der Waals surface area contributed by atoms with Crippen LogP contribution in [0, 0.1) is 11.7 Å². The smallest absolute Gasteiger partial charge is 0.327 e. The summed E-state index contributed by atoms with van der Waals surface area (Å²) >= 11 is 6.12. The first-order chi connectivity index (χ1) is 10.9. The lowest BCUT2D eigenvalue weighted by molar-refractivity contribution is -0.148. The van der Waals surface area contributed by atoms with Crippen molar-refractivity contribution >= 4 is 23.5 Å². The second-order valence-corrected chi connectivity index (χ2v) is 6.14. The number of amides is 1. The van der Waals surface area contributed by atoms with Gasteiger partial charge in [-0.25, -0.2) is 9.18 Å². The molecule has 2 atom stereocenters. The van der Waals surface area contributed by atoms with Crippen molar-refractivity contribution in [3.05, 3.63) is 34.6 Å². The summed E-state index contributed by atoms with van der Waals surface area (Å²) in [6.07, 6.45) is 1.88. The Bertz CT molecular complexity index is 576. The van der Waals surface area contributed by atoms with Crippen molar-refractivity contribution in [2.24, 2.45) is 11.7 Å².